The van der Waals surface area contributed by atoms with E-state index in [1.807, 2.05) is 0 Å². The first-order valence-corrected chi connectivity index (χ1v) is 7.68. The van der Waals surface area contributed by atoms with Gasteiger partial charge < -0.3 is 10.6 Å². The lowest BCUT2D eigenvalue weighted by atomic mass is 10.3. The second-order valence-electron chi connectivity index (χ2n) is 3.96. The van der Waals surface area contributed by atoms with E-state index in [0.717, 1.165) is 4.88 Å². The number of para-hydroxylation sites is 1. The maximum Gasteiger partial charge on any atom is 0.285 e. The van der Waals surface area contributed by atoms with Crippen LogP contribution in [0.1, 0.15) is 4.88 Å². The van der Waals surface area contributed by atoms with Crippen molar-refractivity contribution in [2.24, 2.45) is 4.40 Å². The number of nitrogen functional groups attached to an aromatic ring is 1. The highest BCUT2D eigenvalue weighted by molar-refractivity contribution is 7.90. The average molecular weight is 294 g/mol. The SMILES string of the molecule is Nc1ncc(CN2C=NS(=O)(=O)c3ccccc32)s1. The Morgan fingerprint density at radius 2 is 2.11 bits per heavy atom. The number of nitrogens with zero attached hydrogens (tertiary/aromatic N) is 3. The van der Waals surface area contributed by atoms with Crippen LogP contribution in [-0.4, -0.2) is 19.7 Å². The second kappa shape index (κ2) is 4.32. The maximum atomic E-state index is 11.8. The van der Waals surface area contributed by atoms with Gasteiger partial charge in [-0.05, 0) is 12.1 Å². The first-order chi connectivity index (χ1) is 9.06. The number of nitrogens with two attached hydrogens (primary N) is 1. The molecule has 3 rings (SSSR count). The number of sulfonamides is 1. The van der Waals surface area contributed by atoms with Gasteiger partial charge in [0.25, 0.3) is 10.0 Å². The second-order valence-corrected chi connectivity index (χ2v) is 6.70. The molecule has 0 saturated carbocycles. The topological polar surface area (TPSA) is 88.7 Å². The quantitative estimate of drug-likeness (QED) is 0.906. The molecule has 0 bridgehead atoms. The number of hydrogen-bond donors (Lipinski definition) is 1. The van der Waals surface area contributed by atoms with Gasteiger partial charge in [0.2, 0.25) is 0 Å². The molecule has 6 nitrogen and oxygen atoms in total. The van der Waals surface area contributed by atoms with Crippen LogP contribution in [0.2, 0.25) is 0 Å². The molecule has 2 heterocycles. The summed E-state index contributed by atoms with van der Waals surface area (Å²) in [6.07, 6.45) is 3.01. The van der Waals surface area contributed by atoms with E-state index in [9.17, 15) is 8.42 Å². The van der Waals surface area contributed by atoms with Gasteiger partial charge in [0, 0.05) is 11.1 Å². The number of hydrogen-bond acceptors (Lipinski definition) is 6. The Labute approximate surface area is 114 Å². The van der Waals surface area contributed by atoms with Gasteiger partial charge in [-0.2, -0.15) is 8.42 Å². The van der Waals surface area contributed by atoms with Crippen LogP contribution in [0.15, 0.2) is 39.8 Å². The molecule has 0 aliphatic carbocycles. The largest absolute Gasteiger partial charge is 0.375 e. The number of aromatic nitrogens is 1. The zero-order valence-electron chi connectivity index (χ0n) is 9.72. The van der Waals surface area contributed by atoms with Gasteiger partial charge in [-0.1, -0.05) is 12.1 Å². The predicted molar refractivity (Wildman–Crippen MR) is 74.8 cm³/mol. The highest BCUT2D eigenvalue weighted by Gasteiger charge is 2.24. The minimum atomic E-state index is -3.57. The summed E-state index contributed by atoms with van der Waals surface area (Å²) in [6, 6.07) is 6.78. The molecular formula is C11H10N4O2S2. The van der Waals surface area contributed by atoms with E-state index in [4.69, 9.17) is 5.73 Å². The first-order valence-electron chi connectivity index (χ1n) is 5.42. The molecule has 8 heteroatoms. The fourth-order valence-corrected chi connectivity index (χ4v) is 3.57. The van der Waals surface area contributed by atoms with E-state index in [2.05, 4.69) is 9.38 Å². The lowest BCUT2D eigenvalue weighted by Crippen LogP contribution is -2.26. The summed E-state index contributed by atoms with van der Waals surface area (Å²) in [7, 11) is -3.57. The summed E-state index contributed by atoms with van der Waals surface area (Å²) in [4.78, 5) is 6.90. The van der Waals surface area contributed by atoms with Gasteiger partial charge in [0.1, 0.15) is 11.2 Å². The Hall–Kier alpha value is -1.93. The van der Waals surface area contributed by atoms with Crippen LogP contribution in [-0.2, 0) is 16.6 Å². The smallest absolute Gasteiger partial charge is 0.285 e. The van der Waals surface area contributed by atoms with Gasteiger partial charge in [0.15, 0.2) is 5.13 Å². The molecule has 0 radical (unpaired) electrons. The van der Waals surface area contributed by atoms with Crippen LogP contribution in [0, 0.1) is 0 Å². The summed E-state index contributed by atoms with van der Waals surface area (Å²) < 4.78 is 27.3. The van der Waals surface area contributed by atoms with Crippen LogP contribution in [0.5, 0.6) is 0 Å². The van der Waals surface area contributed by atoms with Crippen molar-refractivity contribution in [1.29, 1.82) is 0 Å². The van der Waals surface area contributed by atoms with E-state index in [-0.39, 0.29) is 4.90 Å². The molecule has 19 heavy (non-hydrogen) atoms. The third-order valence-corrected chi connectivity index (χ3v) is 4.76. The summed E-state index contributed by atoms with van der Waals surface area (Å²) in [6.45, 7) is 0.491. The average Bonchev–Trinajstić information content (AvgIpc) is 2.79. The molecule has 2 aromatic rings. The van der Waals surface area contributed by atoms with Gasteiger partial charge in [-0.15, -0.1) is 15.7 Å². The Balaban J connectivity index is 2.01. The Morgan fingerprint density at radius 3 is 2.84 bits per heavy atom. The van der Waals surface area contributed by atoms with Crippen LogP contribution < -0.4 is 10.6 Å². The number of benzene rings is 1. The molecule has 98 valence electrons. The summed E-state index contributed by atoms with van der Waals surface area (Å²) in [5, 5.41) is 0.491. The molecule has 0 unspecified atom stereocenters. The Morgan fingerprint density at radius 1 is 1.32 bits per heavy atom. The molecule has 0 fully saturated rings. The fourth-order valence-electron chi connectivity index (χ4n) is 1.84. The summed E-state index contributed by atoms with van der Waals surface area (Å²) in [5.41, 5.74) is 6.20. The number of thiazole rings is 1. The first kappa shape index (κ1) is 12.1. The molecular weight excluding hydrogens is 284 g/mol. The monoisotopic (exact) mass is 294 g/mol. The normalized spacial score (nSPS) is 16.3. The predicted octanol–water partition coefficient (Wildman–Crippen LogP) is 1.46. The third kappa shape index (κ3) is 2.20. The molecule has 0 atom stereocenters. The number of anilines is 2. The van der Waals surface area contributed by atoms with Crippen molar-refractivity contribution in [3.8, 4) is 0 Å². The van der Waals surface area contributed by atoms with Gasteiger partial charge >= 0.3 is 0 Å². The lowest BCUT2D eigenvalue weighted by molar-refractivity contribution is 0.597. The van der Waals surface area contributed by atoms with Crippen molar-refractivity contribution < 1.29 is 8.42 Å². The number of rotatable bonds is 2. The molecule has 1 aliphatic rings. The molecule has 1 aromatic carbocycles. The van der Waals surface area contributed by atoms with Crippen LogP contribution >= 0.6 is 11.3 Å². The zero-order chi connectivity index (χ0) is 13.5. The summed E-state index contributed by atoms with van der Waals surface area (Å²) in [5.74, 6) is 0. The van der Waals surface area contributed by atoms with E-state index in [1.165, 1.54) is 17.7 Å². The van der Waals surface area contributed by atoms with Crippen LogP contribution in [0.25, 0.3) is 0 Å². The van der Waals surface area contributed by atoms with Crippen molar-refractivity contribution in [3.63, 3.8) is 0 Å². The molecule has 0 amide bonds. The van der Waals surface area contributed by atoms with Gasteiger partial charge in [-0.25, -0.2) is 4.98 Å². The highest BCUT2D eigenvalue weighted by Crippen LogP contribution is 2.31. The number of fused-ring (bicyclic) bond motifs is 1. The zero-order valence-corrected chi connectivity index (χ0v) is 11.4. The molecule has 0 saturated heterocycles. The van der Waals surface area contributed by atoms with E-state index in [1.54, 1.807) is 35.4 Å². The van der Waals surface area contributed by atoms with Crippen molar-refractivity contribution in [2.75, 3.05) is 10.6 Å². The highest BCUT2D eigenvalue weighted by atomic mass is 32.2. The fraction of sp³-hybridized carbons (Fsp3) is 0.0909. The van der Waals surface area contributed by atoms with Crippen molar-refractivity contribution in [2.45, 2.75) is 11.4 Å². The lowest BCUT2D eigenvalue weighted by Gasteiger charge is -2.24. The molecule has 0 spiro atoms. The van der Waals surface area contributed by atoms with Gasteiger partial charge in [0.05, 0.1) is 12.2 Å². The Kier molecular flexibility index (Phi) is 2.76. The maximum absolute atomic E-state index is 11.8. The molecule has 1 aliphatic heterocycles. The van der Waals surface area contributed by atoms with Crippen LogP contribution in [0.4, 0.5) is 10.8 Å². The van der Waals surface area contributed by atoms with Crippen molar-refractivity contribution in [3.05, 3.63) is 35.3 Å². The minimum absolute atomic E-state index is 0.218. The van der Waals surface area contributed by atoms with E-state index < -0.39 is 10.0 Å². The molecule has 1 aromatic heterocycles. The standard InChI is InChI=1S/C11H10N4O2S2/c12-11-13-5-8(18-11)6-15-7-14-19(16,17)10-4-2-1-3-9(10)15/h1-5,7H,6H2,(H2,12,13). The molecule has 2 N–H and O–H groups in total. The van der Waals surface area contributed by atoms with E-state index in [0.29, 0.717) is 17.4 Å². The summed E-state index contributed by atoms with van der Waals surface area (Å²) >= 11 is 1.37. The van der Waals surface area contributed by atoms with E-state index >= 15 is 0 Å². The minimum Gasteiger partial charge on any atom is -0.375 e. The van der Waals surface area contributed by atoms with Gasteiger partial charge in [-0.3, -0.25) is 0 Å². The Bertz CT molecular complexity index is 752. The van der Waals surface area contributed by atoms with Crippen molar-refractivity contribution in [1.82, 2.24) is 4.98 Å². The van der Waals surface area contributed by atoms with Crippen LogP contribution in [0.3, 0.4) is 0 Å². The third-order valence-electron chi connectivity index (χ3n) is 2.68. The van der Waals surface area contributed by atoms with Crippen molar-refractivity contribution >= 4 is 38.5 Å².